The van der Waals surface area contributed by atoms with Crippen molar-refractivity contribution in [2.45, 2.75) is 38.7 Å². The van der Waals surface area contributed by atoms with Gasteiger partial charge in [0.15, 0.2) is 11.6 Å². The fourth-order valence-corrected chi connectivity index (χ4v) is 4.60. The van der Waals surface area contributed by atoms with E-state index in [4.69, 9.17) is 16.7 Å². The number of carbonyl (C=O) groups excluding carboxylic acids is 1. The molecule has 0 amide bonds. The molecule has 1 saturated carbocycles. The minimum Gasteiger partial charge on any atom is -0.392 e. The Labute approximate surface area is 146 Å². The lowest BCUT2D eigenvalue weighted by Gasteiger charge is -2.21. The Morgan fingerprint density at radius 2 is 1.96 bits per heavy atom. The molecule has 0 heterocycles. The molecule has 1 aromatic carbocycles. The molecule has 1 aliphatic carbocycles. The Balaban J connectivity index is 2.00. The molecule has 0 atom stereocenters. The summed E-state index contributed by atoms with van der Waals surface area (Å²) in [7, 11) is -3.60. The molecule has 1 fully saturated rings. The van der Waals surface area contributed by atoms with E-state index in [0.717, 1.165) is 32.1 Å². The summed E-state index contributed by atoms with van der Waals surface area (Å²) in [5.74, 6) is -1.54. The van der Waals surface area contributed by atoms with E-state index in [2.05, 4.69) is 4.72 Å². The van der Waals surface area contributed by atoms with Crippen LogP contribution in [0.2, 0.25) is 5.02 Å². The van der Waals surface area contributed by atoms with E-state index in [1.54, 1.807) is 0 Å². The zero-order valence-electron chi connectivity index (χ0n) is 13.2. The largest absolute Gasteiger partial charge is 0.392 e. The second-order valence-corrected chi connectivity index (χ2v) is 8.39. The number of aliphatic hydroxyl groups excluding tert-OH is 1. The Hall–Kier alpha value is -1.02. The van der Waals surface area contributed by atoms with Crippen LogP contribution in [0.25, 0.3) is 0 Å². The average molecular weight is 378 g/mol. The molecular weight excluding hydrogens is 357 g/mol. The molecule has 2 N–H and O–H groups in total. The molecule has 134 valence electrons. The van der Waals surface area contributed by atoms with Gasteiger partial charge in [0, 0.05) is 0 Å². The number of halogens is 2. The van der Waals surface area contributed by atoms with Crippen LogP contribution in [-0.2, 0) is 16.6 Å². The maximum atomic E-state index is 13.9. The quantitative estimate of drug-likeness (QED) is 0.715. The highest BCUT2D eigenvalue weighted by molar-refractivity contribution is 7.89. The van der Waals surface area contributed by atoms with Gasteiger partial charge in [-0.3, -0.25) is 4.79 Å². The normalized spacial score (nSPS) is 16.3. The number of rotatable bonds is 7. The molecular formula is C16H21ClFNO4S. The summed E-state index contributed by atoms with van der Waals surface area (Å²) in [6.07, 6.45) is 4.92. The summed E-state index contributed by atoms with van der Waals surface area (Å²) in [5.41, 5.74) is -0.0401. The van der Waals surface area contributed by atoms with Gasteiger partial charge in [0.05, 0.1) is 29.5 Å². The smallest absolute Gasteiger partial charge is 0.212 e. The third-order valence-electron chi connectivity index (χ3n) is 4.20. The van der Waals surface area contributed by atoms with Crippen molar-refractivity contribution in [3.63, 3.8) is 0 Å². The van der Waals surface area contributed by atoms with E-state index < -0.39 is 34.8 Å². The Bertz CT molecular complexity index is 702. The molecule has 1 aliphatic rings. The molecule has 2 rings (SSSR count). The van der Waals surface area contributed by atoms with E-state index in [1.807, 2.05) is 0 Å². The number of nitrogens with one attached hydrogen (secondary N) is 1. The van der Waals surface area contributed by atoms with Crippen LogP contribution in [-0.4, -0.2) is 31.6 Å². The van der Waals surface area contributed by atoms with Gasteiger partial charge in [-0.1, -0.05) is 30.9 Å². The zero-order chi connectivity index (χ0) is 17.7. The highest BCUT2D eigenvalue weighted by Gasteiger charge is 2.23. The van der Waals surface area contributed by atoms with Crippen molar-refractivity contribution in [1.82, 2.24) is 4.72 Å². The van der Waals surface area contributed by atoms with Crippen LogP contribution >= 0.6 is 11.6 Å². The number of carbonyl (C=O) groups is 1. The van der Waals surface area contributed by atoms with Gasteiger partial charge < -0.3 is 5.11 Å². The number of sulfonamides is 1. The topological polar surface area (TPSA) is 83.5 Å². The van der Waals surface area contributed by atoms with Crippen LogP contribution in [0.3, 0.4) is 0 Å². The van der Waals surface area contributed by atoms with Crippen molar-refractivity contribution < 1.29 is 22.7 Å². The third-order valence-corrected chi connectivity index (χ3v) is 5.97. The SMILES string of the molecule is O=C(CNS(=O)(=O)CC1CCCCC1)c1cc(CO)cc(Cl)c1F. The minimum atomic E-state index is -3.60. The summed E-state index contributed by atoms with van der Waals surface area (Å²) in [6.45, 7) is -0.926. The van der Waals surface area contributed by atoms with Crippen LogP contribution in [0.4, 0.5) is 4.39 Å². The van der Waals surface area contributed by atoms with Crippen LogP contribution in [0, 0.1) is 11.7 Å². The van der Waals surface area contributed by atoms with Gasteiger partial charge in [0.1, 0.15) is 0 Å². The van der Waals surface area contributed by atoms with Crippen LogP contribution in [0.1, 0.15) is 48.0 Å². The standard InChI is InChI=1S/C16H21ClFNO4S/c17-14-7-12(9-20)6-13(16(14)18)15(21)8-19-24(22,23)10-11-4-2-1-3-5-11/h6-7,11,19-20H,1-5,8-10H2. The number of benzene rings is 1. The third kappa shape index (κ3) is 5.24. The van der Waals surface area contributed by atoms with E-state index in [9.17, 15) is 17.6 Å². The molecule has 0 saturated heterocycles. The van der Waals surface area contributed by atoms with E-state index in [0.29, 0.717) is 0 Å². The number of aliphatic hydroxyl groups is 1. The number of ketones is 1. The molecule has 0 aliphatic heterocycles. The molecule has 5 nitrogen and oxygen atoms in total. The molecule has 0 bridgehead atoms. The molecule has 1 aromatic rings. The predicted molar refractivity (Wildman–Crippen MR) is 90.0 cm³/mol. The second-order valence-electron chi connectivity index (χ2n) is 6.13. The highest BCUT2D eigenvalue weighted by atomic mass is 35.5. The van der Waals surface area contributed by atoms with Crippen LogP contribution in [0.5, 0.6) is 0 Å². The molecule has 0 spiro atoms. The van der Waals surface area contributed by atoms with Gasteiger partial charge in [-0.2, -0.15) is 0 Å². The van der Waals surface area contributed by atoms with Crippen LogP contribution in [0.15, 0.2) is 12.1 Å². The van der Waals surface area contributed by atoms with E-state index in [-0.39, 0.29) is 27.8 Å². The molecule has 8 heteroatoms. The fraction of sp³-hybridized carbons (Fsp3) is 0.562. The Morgan fingerprint density at radius 1 is 1.29 bits per heavy atom. The van der Waals surface area contributed by atoms with Crippen molar-refractivity contribution in [1.29, 1.82) is 0 Å². The molecule has 0 aromatic heterocycles. The summed E-state index contributed by atoms with van der Waals surface area (Å²) in [5, 5.41) is 8.81. The van der Waals surface area contributed by atoms with Crippen LogP contribution < -0.4 is 4.72 Å². The predicted octanol–water partition coefficient (Wildman–Crippen LogP) is 2.65. The lowest BCUT2D eigenvalue weighted by molar-refractivity contribution is 0.0993. The lowest BCUT2D eigenvalue weighted by Crippen LogP contribution is -2.34. The summed E-state index contributed by atoms with van der Waals surface area (Å²) >= 11 is 5.68. The van der Waals surface area contributed by atoms with Gasteiger partial charge in [-0.05, 0) is 36.5 Å². The zero-order valence-corrected chi connectivity index (χ0v) is 14.8. The molecule has 0 radical (unpaired) electrons. The summed E-state index contributed by atoms with van der Waals surface area (Å²) < 4.78 is 40.4. The average Bonchev–Trinajstić information content (AvgIpc) is 2.55. The number of hydrogen-bond acceptors (Lipinski definition) is 4. The maximum Gasteiger partial charge on any atom is 0.212 e. The number of hydrogen-bond donors (Lipinski definition) is 2. The van der Waals surface area contributed by atoms with E-state index in [1.165, 1.54) is 12.1 Å². The second kappa shape index (κ2) is 8.38. The van der Waals surface area contributed by atoms with Gasteiger partial charge in [0.2, 0.25) is 10.0 Å². The summed E-state index contributed by atoms with van der Waals surface area (Å²) in [4.78, 5) is 12.1. The van der Waals surface area contributed by atoms with Gasteiger partial charge in [-0.25, -0.2) is 17.5 Å². The molecule has 0 unspecified atom stereocenters. The monoisotopic (exact) mass is 377 g/mol. The van der Waals surface area contributed by atoms with Gasteiger partial charge in [0.25, 0.3) is 0 Å². The first kappa shape index (κ1) is 19.3. The first-order valence-corrected chi connectivity index (χ1v) is 9.94. The van der Waals surface area contributed by atoms with Crippen molar-refractivity contribution in [3.8, 4) is 0 Å². The fourth-order valence-electron chi connectivity index (χ4n) is 2.93. The summed E-state index contributed by atoms with van der Waals surface area (Å²) in [6, 6.07) is 2.40. The highest BCUT2D eigenvalue weighted by Crippen LogP contribution is 2.25. The maximum absolute atomic E-state index is 13.9. The Morgan fingerprint density at radius 3 is 2.58 bits per heavy atom. The van der Waals surface area contributed by atoms with Crippen molar-refractivity contribution in [2.75, 3.05) is 12.3 Å². The van der Waals surface area contributed by atoms with Crippen molar-refractivity contribution in [2.24, 2.45) is 5.92 Å². The van der Waals surface area contributed by atoms with Crippen molar-refractivity contribution in [3.05, 3.63) is 34.1 Å². The number of Topliss-reactive ketones (excluding diaryl/α,β-unsaturated/α-hetero) is 1. The first-order valence-electron chi connectivity index (χ1n) is 7.91. The molecule has 24 heavy (non-hydrogen) atoms. The minimum absolute atomic E-state index is 0.0137. The van der Waals surface area contributed by atoms with E-state index >= 15 is 0 Å². The van der Waals surface area contributed by atoms with Gasteiger partial charge >= 0.3 is 0 Å². The lowest BCUT2D eigenvalue weighted by atomic mass is 9.91. The van der Waals surface area contributed by atoms with Gasteiger partial charge in [-0.15, -0.1) is 0 Å². The Kier molecular flexibility index (Phi) is 6.74. The van der Waals surface area contributed by atoms with Crippen molar-refractivity contribution >= 4 is 27.4 Å². The first-order chi connectivity index (χ1) is 11.3.